The lowest BCUT2D eigenvalue weighted by Crippen LogP contribution is -2.54. The summed E-state index contributed by atoms with van der Waals surface area (Å²) in [6, 6.07) is 7.99. The Hall–Kier alpha value is -1.62. The molecule has 2 aliphatic carbocycles. The monoisotopic (exact) mass is 441 g/mol. The minimum absolute atomic E-state index is 0.114. The number of hydrogen-bond acceptors (Lipinski definition) is 4. The van der Waals surface area contributed by atoms with Crippen LogP contribution in [0.4, 0.5) is 0 Å². The molecule has 4 nitrogen and oxygen atoms in total. The molecule has 0 amide bonds. The van der Waals surface area contributed by atoms with E-state index >= 15 is 0 Å². The van der Waals surface area contributed by atoms with Crippen molar-refractivity contribution >= 4 is 23.1 Å². The molecule has 2 heterocycles. The van der Waals surface area contributed by atoms with Gasteiger partial charge in [0.25, 0.3) is 0 Å². The van der Waals surface area contributed by atoms with E-state index in [4.69, 9.17) is 16.3 Å². The molecule has 4 aliphatic rings. The number of carbonyl (C=O) groups excluding carboxylic acids is 1. The SMILES string of the molecule is C[C@@H]1CCC=C2C[C@H]3OC(=O)[C@H](CN4CC=C(c5ccc(Cl)cc5)CC4)[C@@H]3[C@@H](O)[C@@]21C. The maximum Gasteiger partial charge on any atom is 0.311 e. The van der Waals surface area contributed by atoms with Crippen LogP contribution in [0.5, 0.6) is 0 Å². The van der Waals surface area contributed by atoms with Crippen LogP contribution in [0.2, 0.25) is 5.02 Å². The predicted octanol–water partition coefficient (Wildman–Crippen LogP) is 4.71. The van der Waals surface area contributed by atoms with Crippen LogP contribution in [0.15, 0.2) is 42.0 Å². The summed E-state index contributed by atoms with van der Waals surface area (Å²) < 4.78 is 5.83. The molecule has 31 heavy (non-hydrogen) atoms. The zero-order valence-electron chi connectivity index (χ0n) is 18.4. The summed E-state index contributed by atoms with van der Waals surface area (Å²) in [5.41, 5.74) is 3.60. The molecule has 5 heteroatoms. The Balaban J connectivity index is 1.31. The van der Waals surface area contributed by atoms with Crippen LogP contribution >= 0.6 is 11.6 Å². The van der Waals surface area contributed by atoms with Crippen molar-refractivity contribution < 1.29 is 14.6 Å². The topological polar surface area (TPSA) is 49.8 Å². The smallest absolute Gasteiger partial charge is 0.311 e. The second kappa shape index (κ2) is 8.06. The first-order valence-corrected chi connectivity index (χ1v) is 12.0. The maximum atomic E-state index is 12.9. The van der Waals surface area contributed by atoms with Crippen molar-refractivity contribution in [3.05, 3.63) is 52.6 Å². The Bertz CT molecular complexity index is 923. The van der Waals surface area contributed by atoms with E-state index in [1.165, 1.54) is 16.7 Å². The fraction of sp³-hybridized carbons (Fsp3) is 0.577. The summed E-state index contributed by atoms with van der Waals surface area (Å²) in [6.07, 6.45) is 7.72. The standard InChI is InChI=1S/C26H32ClNO3/c1-16-4-3-5-19-14-22-23(24(29)26(16,19)2)21(25(30)31-22)15-28-12-10-18(11-13-28)17-6-8-20(27)9-7-17/h5-10,16,21-24,29H,3-4,11-15H2,1-2H3/t16-,21-,22-,23+,24-,26-/m1/s1. The molecular formula is C26H32ClNO3. The largest absolute Gasteiger partial charge is 0.461 e. The van der Waals surface area contributed by atoms with Crippen LogP contribution in [0.25, 0.3) is 5.57 Å². The predicted molar refractivity (Wildman–Crippen MR) is 123 cm³/mol. The van der Waals surface area contributed by atoms with E-state index in [0.717, 1.165) is 43.8 Å². The zero-order valence-corrected chi connectivity index (χ0v) is 19.1. The molecule has 166 valence electrons. The molecule has 0 bridgehead atoms. The molecule has 5 rings (SSSR count). The Morgan fingerprint density at radius 3 is 2.74 bits per heavy atom. The lowest BCUT2D eigenvalue weighted by Gasteiger charge is -2.52. The third kappa shape index (κ3) is 3.57. The lowest BCUT2D eigenvalue weighted by atomic mass is 9.55. The average Bonchev–Trinajstić information content (AvgIpc) is 3.07. The van der Waals surface area contributed by atoms with Gasteiger partial charge in [-0.25, -0.2) is 0 Å². The van der Waals surface area contributed by atoms with E-state index in [2.05, 4.69) is 43.0 Å². The Kier molecular flexibility index (Phi) is 5.52. The van der Waals surface area contributed by atoms with Crippen LogP contribution in [0, 0.1) is 23.2 Å². The summed E-state index contributed by atoms with van der Waals surface area (Å²) in [4.78, 5) is 15.2. The molecular weight excluding hydrogens is 410 g/mol. The molecule has 0 unspecified atom stereocenters. The molecule has 2 fully saturated rings. The van der Waals surface area contributed by atoms with Gasteiger partial charge in [-0.15, -0.1) is 0 Å². The summed E-state index contributed by atoms with van der Waals surface area (Å²) in [5, 5.41) is 12.3. The van der Waals surface area contributed by atoms with Gasteiger partial charge in [0.2, 0.25) is 0 Å². The normalized spacial score (nSPS) is 38.1. The van der Waals surface area contributed by atoms with Gasteiger partial charge in [0, 0.05) is 42.4 Å². The van der Waals surface area contributed by atoms with Crippen LogP contribution in [-0.2, 0) is 9.53 Å². The number of benzene rings is 1. The molecule has 0 radical (unpaired) electrons. The van der Waals surface area contributed by atoms with E-state index in [0.29, 0.717) is 12.5 Å². The number of hydrogen-bond donors (Lipinski definition) is 1. The first-order valence-electron chi connectivity index (χ1n) is 11.6. The van der Waals surface area contributed by atoms with Crippen molar-refractivity contribution in [2.24, 2.45) is 23.2 Å². The molecule has 0 aromatic heterocycles. The second-order valence-corrected chi connectivity index (χ2v) is 10.5. The van der Waals surface area contributed by atoms with Crippen molar-refractivity contribution in [1.29, 1.82) is 0 Å². The fourth-order valence-corrected chi connectivity index (χ4v) is 6.48. The van der Waals surface area contributed by atoms with E-state index < -0.39 is 6.10 Å². The van der Waals surface area contributed by atoms with Gasteiger partial charge in [-0.1, -0.05) is 55.3 Å². The van der Waals surface area contributed by atoms with Gasteiger partial charge in [0.15, 0.2) is 0 Å². The Morgan fingerprint density at radius 1 is 1.26 bits per heavy atom. The molecule has 1 saturated heterocycles. The first kappa shape index (κ1) is 21.2. The van der Waals surface area contributed by atoms with E-state index in [9.17, 15) is 9.90 Å². The molecule has 0 spiro atoms. The summed E-state index contributed by atoms with van der Waals surface area (Å²) in [5.74, 6) is -0.0773. The van der Waals surface area contributed by atoms with Crippen LogP contribution < -0.4 is 0 Å². The van der Waals surface area contributed by atoms with Crippen molar-refractivity contribution in [3.8, 4) is 0 Å². The zero-order chi connectivity index (χ0) is 21.8. The van der Waals surface area contributed by atoms with Crippen molar-refractivity contribution in [1.82, 2.24) is 4.90 Å². The highest BCUT2D eigenvalue weighted by Gasteiger charge is 2.59. The number of aliphatic hydroxyl groups is 1. The Labute approximate surface area is 189 Å². The third-order valence-corrected chi connectivity index (χ3v) is 8.79. The van der Waals surface area contributed by atoms with Gasteiger partial charge in [0.05, 0.1) is 12.0 Å². The van der Waals surface area contributed by atoms with Crippen molar-refractivity contribution in [2.45, 2.75) is 51.7 Å². The van der Waals surface area contributed by atoms with Gasteiger partial charge in [0.1, 0.15) is 6.10 Å². The van der Waals surface area contributed by atoms with Gasteiger partial charge < -0.3 is 9.84 Å². The molecule has 1 aromatic rings. The molecule has 1 aromatic carbocycles. The van der Waals surface area contributed by atoms with Gasteiger partial charge >= 0.3 is 5.97 Å². The number of allylic oxidation sites excluding steroid dienone is 1. The molecule has 1 saturated carbocycles. The summed E-state index contributed by atoms with van der Waals surface area (Å²) in [6.45, 7) is 6.83. The second-order valence-electron chi connectivity index (χ2n) is 10.0. The number of esters is 1. The lowest BCUT2D eigenvalue weighted by molar-refractivity contribution is -0.145. The number of halogens is 1. The van der Waals surface area contributed by atoms with Crippen LogP contribution in [0.3, 0.4) is 0 Å². The number of rotatable bonds is 3. The highest BCUT2D eigenvalue weighted by molar-refractivity contribution is 6.30. The summed E-state index contributed by atoms with van der Waals surface area (Å²) >= 11 is 6.02. The first-order chi connectivity index (χ1) is 14.9. The molecule has 6 atom stereocenters. The van der Waals surface area contributed by atoms with E-state index in [1.54, 1.807) is 0 Å². The molecule has 1 N–H and O–H groups in total. The van der Waals surface area contributed by atoms with Crippen LogP contribution in [0.1, 0.15) is 45.1 Å². The maximum absolute atomic E-state index is 12.9. The minimum atomic E-state index is -0.533. The number of nitrogens with zero attached hydrogens (tertiary/aromatic N) is 1. The van der Waals surface area contributed by atoms with E-state index in [-0.39, 0.29) is 29.3 Å². The summed E-state index contributed by atoms with van der Waals surface area (Å²) in [7, 11) is 0. The number of aliphatic hydroxyl groups excluding tert-OH is 1. The number of fused-ring (bicyclic) bond motifs is 2. The van der Waals surface area contributed by atoms with Gasteiger partial charge in [-0.2, -0.15) is 0 Å². The van der Waals surface area contributed by atoms with Crippen molar-refractivity contribution in [2.75, 3.05) is 19.6 Å². The fourth-order valence-electron chi connectivity index (χ4n) is 6.36. The van der Waals surface area contributed by atoms with Crippen molar-refractivity contribution in [3.63, 3.8) is 0 Å². The quantitative estimate of drug-likeness (QED) is 0.545. The number of carbonyl (C=O) groups is 1. The van der Waals surface area contributed by atoms with Gasteiger partial charge in [-0.05, 0) is 48.4 Å². The average molecular weight is 442 g/mol. The highest BCUT2D eigenvalue weighted by atomic mass is 35.5. The van der Waals surface area contributed by atoms with E-state index in [1.807, 2.05) is 12.1 Å². The number of ether oxygens (including phenoxy) is 1. The van der Waals surface area contributed by atoms with Crippen LogP contribution in [-0.4, -0.2) is 47.8 Å². The molecule has 2 aliphatic heterocycles. The third-order valence-electron chi connectivity index (χ3n) is 8.53. The minimum Gasteiger partial charge on any atom is -0.461 e. The van der Waals surface area contributed by atoms with Gasteiger partial charge in [-0.3, -0.25) is 9.69 Å². The highest BCUT2D eigenvalue weighted by Crippen LogP contribution is 2.56. The Morgan fingerprint density at radius 2 is 2.03 bits per heavy atom.